The summed E-state index contributed by atoms with van der Waals surface area (Å²) in [6.45, 7) is 26.7. The molecule has 0 aromatic rings. The van der Waals surface area contributed by atoms with E-state index in [9.17, 15) is 10.3 Å². The number of hydrogen-bond acceptors (Lipinski definition) is 5. The lowest BCUT2D eigenvalue weighted by atomic mass is 10.2. The van der Waals surface area contributed by atoms with Gasteiger partial charge in [-0.3, -0.25) is 4.90 Å². The van der Waals surface area contributed by atoms with Crippen molar-refractivity contribution in [2.45, 2.75) is 103 Å². The minimum absolute atomic E-state index is 0.00729. The van der Waals surface area contributed by atoms with Crippen LogP contribution in [0.2, 0.25) is 36.3 Å². The summed E-state index contributed by atoms with van der Waals surface area (Å²) in [5.41, 5.74) is 9.27. The fourth-order valence-electron chi connectivity index (χ4n) is 3.01. The van der Waals surface area contributed by atoms with Crippen molar-refractivity contribution in [3.63, 3.8) is 0 Å². The molecule has 1 saturated heterocycles. The first-order chi connectivity index (χ1) is 13.9. The molecule has 1 rings (SSSR count). The fraction of sp³-hybridized carbons (Fsp3) is 0.909. The molecule has 1 fully saturated rings. The van der Waals surface area contributed by atoms with Crippen LogP contribution in [-0.2, 0) is 18.4 Å². The van der Waals surface area contributed by atoms with Crippen molar-refractivity contribution in [3.8, 4) is 0 Å². The Bertz CT molecular complexity index is 641. The van der Waals surface area contributed by atoms with Gasteiger partial charge in [0.15, 0.2) is 16.6 Å². The van der Waals surface area contributed by atoms with E-state index < -0.39 is 22.6 Å². The lowest BCUT2D eigenvalue weighted by Gasteiger charge is -2.43. The lowest BCUT2D eigenvalue weighted by Crippen LogP contribution is -2.51. The van der Waals surface area contributed by atoms with E-state index in [4.69, 9.17) is 13.6 Å². The quantitative estimate of drug-likeness (QED) is 0.160. The summed E-state index contributed by atoms with van der Waals surface area (Å²) in [5.74, 6) is -0.563. The van der Waals surface area contributed by atoms with E-state index in [2.05, 4.69) is 77.4 Å². The van der Waals surface area contributed by atoms with Gasteiger partial charge in [-0.15, -0.1) is 0 Å². The normalized spacial score (nSPS) is 21.1. The zero-order valence-electron chi connectivity index (χ0n) is 21.7. The number of ether oxygens (including phenoxy) is 1. The third-order valence-corrected chi connectivity index (χ3v) is 16.1. The van der Waals surface area contributed by atoms with E-state index in [-0.39, 0.29) is 34.6 Å². The Morgan fingerprint density at radius 2 is 1.39 bits per heavy atom. The molecule has 1 aliphatic rings. The Balaban J connectivity index is 2.99. The molecule has 0 aromatic carbocycles. The van der Waals surface area contributed by atoms with Crippen LogP contribution in [0.25, 0.3) is 5.53 Å². The van der Waals surface area contributed by atoms with Crippen LogP contribution >= 0.6 is 0 Å². The molecule has 0 unspecified atom stereocenters. The Kier molecular flexibility index (Phi) is 9.46. The molecule has 0 spiro atoms. The highest BCUT2D eigenvalue weighted by Crippen LogP contribution is 2.41. The predicted molar refractivity (Wildman–Crippen MR) is 130 cm³/mol. The summed E-state index contributed by atoms with van der Waals surface area (Å²) < 4.78 is 18.6. The van der Waals surface area contributed by atoms with E-state index in [1.54, 1.807) is 6.92 Å². The van der Waals surface area contributed by atoms with Crippen molar-refractivity contribution in [3.05, 3.63) is 5.53 Å². The highest BCUT2D eigenvalue weighted by Gasteiger charge is 2.47. The largest absolute Gasteiger partial charge is 0.457 e. The van der Waals surface area contributed by atoms with Gasteiger partial charge in [0, 0.05) is 19.6 Å². The molecule has 2 atom stereocenters. The molecular formula is C22H45N3O4Si2. The molecule has 1 aliphatic heterocycles. The van der Waals surface area contributed by atoms with Gasteiger partial charge in [-0.05, 0) is 43.2 Å². The summed E-state index contributed by atoms with van der Waals surface area (Å²) in [6, 6.07) is 0. The molecule has 1 heterocycles. The average Bonchev–Trinajstić information content (AvgIpc) is 2.93. The van der Waals surface area contributed by atoms with Crippen LogP contribution < -0.4 is 0 Å². The number of rotatable bonds is 9. The third kappa shape index (κ3) is 7.61. The zero-order valence-corrected chi connectivity index (χ0v) is 23.7. The van der Waals surface area contributed by atoms with Crippen molar-refractivity contribution in [1.82, 2.24) is 4.90 Å². The Morgan fingerprint density at radius 3 is 1.71 bits per heavy atom. The summed E-state index contributed by atoms with van der Waals surface area (Å²) in [7, 11) is -3.94. The standard InChI is InChI=1S/C22H45N3O4Si2/c1-12-27-20(26)17(24-23)13-14-25-15-18(28-30(8,9)21(2,3)4)19(16-25)29-31(10,11)22(5,6)7/h18-19H,12-16H2,1-11H3/t18-,19-/m0/s1. The third-order valence-electron chi connectivity index (χ3n) is 7.09. The SMILES string of the molecule is CCOC(=O)C(CCN1C[C@H](O[Si](C)(C)C(C)(C)C)[C@@H](O[Si](C)(C)C(C)(C)C)C1)=[N+]=[N-]. The molecule has 0 aliphatic carbocycles. The predicted octanol–water partition coefficient (Wildman–Crippen LogP) is 4.71. The van der Waals surface area contributed by atoms with Crippen molar-refractivity contribution >= 4 is 28.3 Å². The van der Waals surface area contributed by atoms with Gasteiger partial charge >= 0.3 is 11.7 Å². The Hall–Kier alpha value is -0.836. The van der Waals surface area contributed by atoms with Gasteiger partial charge in [-0.2, -0.15) is 4.79 Å². The maximum absolute atomic E-state index is 11.9. The summed E-state index contributed by atoms with van der Waals surface area (Å²) in [6.07, 6.45) is 0.314. The van der Waals surface area contributed by atoms with Gasteiger partial charge < -0.3 is 19.1 Å². The molecule has 180 valence electrons. The van der Waals surface area contributed by atoms with Crippen molar-refractivity contribution < 1.29 is 23.2 Å². The van der Waals surface area contributed by atoms with Crippen molar-refractivity contribution in [2.24, 2.45) is 0 Å². The second-order valence-corrected chi connectivity index (χ2v) is 21.1. The first-order valence-corrected chi connectivity index (χ1v) is 17.2. The van der Waals surface area contributed by atoms with Gasteiger partial charge in [-0.25, -0.2) is 4.79 Å². The number of esters is 1. The number of hydrogen-bond donors (Lipinski definition) is 0. The number of carbonyl (C=O) groups is 1. The van der Waals surface area contributed by atoms with Gasteiger partial charge in [0.25, 0.3) is 0 Å². The minimum atomic E-state index is -1.97. The molecule has 0 bridgehead atoms. The van der Waals surface area contributed by atoms with Crippen LogP contribution in [-0.4, -0.2) is 76.5 Å². The maximum Gasteiger partial charge on any atom is 0.416 e. The van der Waals surface area contributed by atoms with Crippen LogP contribution in [0.4, 0.5) is 0 Å². The Labute approximate surface area is 191 Å². The highest BCUT2D eigenvalue weighted by molar-refractivity contribution is 6.74. The number of likely N-dealkylation sites (tertiary alicyclic amines) is 1. The number of nitrogens with zero attached hydrogens (tertiary/aromatic N) is 3. The summed E-state index contributed by atoms with van der Waals surface area (Å²) >= 11 is 0. The number of carbonyl (C=O) groups excluding carboxylic acids is 1. The lowest BCUT2D eigenvalue weighted by molar-refractivity contribution is -0.140. The average molecular weight is 472 g/mol. The summed E-state index contributed by atoms with van der Waals surface area (Å²) in [4.78, 5) is 17.3. The topological polar surface area (TPSA) is 84.4 Å². The maximum atomic E-state index is 11.9. The van der Waals surface area contributed by atoms with Crippen LogP contribution in [0.3, 0.4) is 0 Å². The minimum Gasteiger partial charge on any atom is -0.457 e. The van der Waals surface area contributed by atoms with Gasteiger partial charge in [0.05, 0.1) is 25.2 Å². The fourth-order valence-corrected chi connectivity index (χ4v) is 5.68. The second kappa shape index (κ2) is 10.4. The summed E-state index contributed by atoms with van der Waals surface area (Å²) in [5, 5.41) is 0.227. The molecule has 9 heteroatoms. The van der Waals surface area contributed by atoms with Gasteiger partial charge in [0.2, 0.25) is 0 Å². The molecule has 31 heavy (non-hydrogen) atoms. The van der Waals surface area contributed by atoms with Crippen molar-refractivity contribution in [2.75, 3.05) is 26.2 Å². The molecular weight excluding hydrogens is 426 g/mol. The van der Waals surface area contributed by atoms with Crippen LogP contribution in [0.5, 0.6) is 0 Å². The van der Waals surface area contributed by atoms with E-state index in [1.165, 1.54) is 0 Å². The van der Waals surface area contributed by atoms with Gasteiger partial charge in [0.1, 0.15) is 0 Å². The molecule has 0 N–H and O–H groups in total. The first kappa shape index (κ1) is 28.2. The van der Waals surface area contributed by atoms with E-state index in [0.29, 0.717) is 13.0 Å². The van der Waals surface area contributed by atoms with E-state index in [1.807, 2.05) is 0 Å². The van der Waals surface area contributed by atoms with E-state index in [0.717, 1.165) is 13.1 Å². The first-order valence-electron chi connectivity index (χ1n) is 11.4. The highest BCUT2D eigenvalue weighted by atomic mass is 28.4. The smallest absolute Gasteiger partial charge is 0.416 e. The van der Waals surface area contributed by atoms with Crippen LogP contribution in [0, 0.1) is 0 Å². The monoisotopic (exact) mass is 471 g/mol. The van der Waals surface area contributed by atoms with Crippen molar-refractivity contribution in [1.29, 1.82) is 0 Å². The molecule has 0 radical (unpaired) electrons. The van der Waals surface area contributed by atoms with Gasteiger partial charge in [-0.1, -0.05) is 41.5 Å². The van der Waals surface area contributed by atoms with E-state index >= 15 is 0 Å². The van der Waals surface area contributed by atoms with Crippen LogP contribution in [0.1, 0.15) is 54.9 Å². The van der Waals surface area contributed by atoms with Crippen LogP contribution in [0.15, 0.2) is 0 Å². The second-order valence-electron chi connectivity index (χ2n) is 11.6. The molecule has 0 aromatic heterocycles. The molecule has 0 saturated carbocycles. The zero-order chi connectivity index (χ0) is 24.3. The Morgan fingerprint density at radius 1 is 0.968 bits per heavy atom. The molecule has 7 nitrogen and oxygen atoms in total. The molecule has 0 amide bonds.